The molecular weight excluding hydrogens is 218 g/mol. The number of nitrogens with zero attached hydrogens (tertiary/aromatic N) is 5. The average Bonchev–Trinajstić information content (AvgIpc) is 2.25. The number of nitro groups is 2. The van der Waals surface area contributed by atoms with Gasteiger partial charge in [-0.05, 0) is 11.6 Å². The van der Waals surface area contributed by atoms with E-state index in [-0.39, 0.29) is 17.8 Å². The van der Waals surface area contributed by atoms with Crippen LogP contribution in [0.5, 0.6) is 0 Å². The fourth-order valence-electron chi connectivity index (χ4n) is 1.08. The molecule has 0 bridgehead atoms. The molecule has 0 heterocycles. The van der Waals surface area contributed by atoms with E-state index in [2.05, 4.69) is 10.0 Å². The van der Waals surface area contributed by atoms with Crippen molar-refractivity contribution in [3.8, 4) is 0 Å². The lowest BCUT2D eigenvalue weighted by Crippen LogP contribution is -1.96. The van der Waals surface area contributed by atoms with Gasteiger partial charge in [-0.2, -0.15) is 0 Å². The van der Waals surface area contributed by atoms with E-state index in [1.54, 1.807) is 0 Å². The maximum atomic E-state index is 10.6. The normalized spacial score (nSPS) is 9.25. The molecule has 0 aliphatic carbocycles. The van der Waals surface area contributed by atoms with Crippen LogP contribution in [0.4, 0.5) is 11.4 Å². The number of benzene rings is 1. The maximum absolute atomic E-state index is 10.6. The third-order valence-corrected chi connectivity index (χ3v) is 1.78. The number of hydrogen-bond donors (Lipinski definition) is 0. The summed E-state index contributed by atoms with van der Waals surface area (Å²) >= 11 is 0. The van der Waals surface area contributed by atoms with E-state index in [9.17, 15) is 20.2 Å². The summed E-state index contributed by atoms with van der Waals surface area (Å²) in [5, 5.41) is 24.2. The largest absolute Gasteiger partial charge is 0.279 e. The Balaban J connectivity index is 3.24. The van der Waals surface area contributed by atoms with E-state index in [1.165, 1.54) is 6.07 Å². The third kappa shape index (κ3) is 2.42. The number of hydrogen-bond acceptors (Lipinski definition) is 5. The van der Waals surface area contributed by atoms with Crippen molar-refractivity contribution in [2.45, 2.75) is 6.54 Å². The van der Waals surface area contributed by atoms with Crippen molar-refractivity contribution in [2.24, 2.45) is 5.11 Å². The molecule has 9 heteroatoms. The zero-order valence-electron chi connectivity index (χ0n) is 7.81. The quantitative estimate of drug-likeness (QED) is 0.254. The van der Waals surface area contributed by atoms with Crippen molar-refractivity contribution in [3.63, 3.8) is 0 Å². The molecule has 0 saturated carbocycles. The molecule has 0 aliphatic heterocycles. The monoisotopic (exact) mass is 223 g/mol. The van der Waals surface area contributed by atoms with Crippen LogP contribution in [-0.2, 0) is 6.54 Å². The molecule has 0 spiro atoms. The lowest BCUT2D eigenvalue weighted by atomic mass is 10.1. The highest BCUT2D eigenvalue weighted by Crippen LogP contribution is 2.25. The Morgan fingerprint density at radius 3 is 2.50 bits per heavy atom. The van der Waals surface area contributed by atoms with Crippen LogP contribution in [-0.4, -0.2) is 9.85 Å². The number of rotatable bonds is 4. The van der Waals surface area contributed by atoms with Crippen molar-refractivity contribution in [1.82, 2.24) is 0 Å². The molecule has 1 aromatic carbocycles. The van der Waals surface area contributed by atoms with E-state index in [0.717, 1.165) is 12.1 Å². The molecular formula is C7H5N5O4. The highest BCUT2D eigenvalue weighted by molar-refractivity contribution is 5.49. The lowest BCUT2D eigenvalue weighted by molar-refractivity contribution is -0.394. The molecule has 0 aliphatic rings. The average molecular weight is 223 g/mol. The fourth-order valence-corrected chi connectivity index (χ4v) is 1.08. The molecule has 1 aromatic rings. The highest BCUT2D eigenvalue weighted by Gasteiger charge is 2.18. The number of non-ortho nitro benzene ring substituents is 1. The molecule has 16 heavy (non-hydrogen) atoms. The minimum atomic E-state index is -0.755. The van der Waals surface area contributed by atoms with Gasteiger partial charge in [0.2, 0.25) is 0 Å². The van der Waals surface area contributed by atoms with Crippen LogP contribution in [0.3, 0.4) is 0 Å². The molecule has 0 fully saturated rings. The van der Waals surface area contributed by atoms with Crippen molar-refractivity contribution in [1.29, 1.82) is 0 Å². The van der Waals surface area contributed by atoms with E-state index in [4.69, 9.17) is 5.53 Å². The van der Waals surface area contributed by atoms with Crippen LogP contribution in [0, 0.1) is 20.2 Å². The van der Waals surface area contributed by atoms with Crippen LogP contribution in [0.1, 0.15) is 5.56 Å². The van der Waals surface area contributed by atoms with Crippen LogP contribution in [0.2, 0.25) is 0 Å². The smallest absolute Gasteiger partial charge is 0.258 e. The Labute approximate surface area is 88.2 Å². The van der Waals surface area contributed by atoms with E-state index < -0.39 is 15.5 Å². The van der Waals surface area contributed by atoms with Crippen LogP contribution < -0.4 is 0 Å². The summed E-state index contributed by atoms with van der Waals surface area (Å²) in [6.07, 6.45) is 0. The molecule has 0 amide bonds. The molecule has 0 saturated heterocycles. The Kier molecular flexibility index (Phi) is 3.36. The lowest BCUT2D eigenvalue weighted by Gasteiger charge is -1.98. The van der Waals surface area contributed by atoms with Crippen molar-refractivity contribution in [3.05, 3.63) is 54.4 Å². The standard InChI is InChI=1S/C7H5N5O4/c8-10-9-4-5-1-2-6(11(13)14)3-7(5)12(15)16/h1-3H,4H2. The molecule has 9 nitrogen and oxygen atoms in total. The van der Waals surface area contributed by atoms with Gasteiger partial charge in [0.05, 0.1) is 22.5 Å². The first-order valence-corrected chi connectivity index (χ1v) is 3.99. The van der Waals surface area contributed by atoms with Gasteiger partial charge in [-0.1, -0.05) is 5.11 Å². The minimum absolute atomic E-state index is 0.133. The first-order chi connectivity index (χ1) is 7.56. The predicted octanol–water partition coefficient (Wildman–Crippen LogP) is 2.31. The van der Waals surface area contributed by atoms with E-state index >= 15 is 0 Å². The zero-order chi connectivity index (χ0) is 12.1. The van der Waals surface area contributed by atoms with Crippen LogP contribution in [0.15, 0.2) is 23.3 Å². The van der Waals surface area contributed by atoms with E-state index in [0.29, 0.717) is 0 Å². The van der Waals surface area contributed by atoms with Gasteiger partial charge < -0.3 is 0 Å². The minimum Gasteiger partial charge on any atom is -0.258 e. The molecule has 0 radical (unpaired) electrons. The summed E-state index contributed by atoms with van der Waals surface area (Å²) in [5.74, 6) is 0. The van der Waals surface area contributed by atoms with Crippen LogP contribution >= 0.6 is 0 Å². The first kappa shape index (κ1) is 11.4. The van der Waals surface area contributed by atoms with Gasteiger partial charge in [0.25, 0.3) is 11.4 Å². The Bertz CT molecular complexity index is 494. The SMILES string of the molecule is [N-]=[N+]=NCc1ccc([N+](=O)[O-])cc1[N+](=O)[O-]. The molecule has 0 unspecified atom stereocenters. The summed E-state index contributed by atoms with van der Waals surface area (Å²) < 4.78 is 0. The molecule has 0 atom stereocenters. The van der Waals surface area contributed by atoms with Gasteiger partial charge >= 0.3 is 0 Å². The number of nitro benzene ring substituents is 2. The summed E-state index contributed by atoms with van der Waals surface area (Å²) in [7, 11) is 0. The molecule has 0 N–H and O–H groups in total. The molecule has 82 valence electrons. The van der Waals surface area contributed by atoms with Crippen molar-refractivity contribution in [2.75, 3.05) is 0 Å². The van der Waals surface area contributed by atoms with Gasteiger partial charge in [0.15, 0.2) is 0 Å². The Hall–Kier alpha value is -2.67. The number of azide groups is 1. The van der Waals surface area contributed by atoms with Crippen molar-refractivity contribution >= 4 is 11.4 Å². The van der Waals surface area contributed by atoms with Gasteiger partial charge in [-0.25, -0.2) is 0 Å². The first-order valence-electron chi connectivity index (χ1n) is 3.99. The second-order valence-electron chi connectivity index (χ2n) is 2.72. The second kappa shape index (κ2) is 4.71. The topological polar surface area (TPSA) is 135 Å². The van der Waals surface area contributed by atoms with E-state index in [1.807, 2.05) is 0 Å². The van der Waals surface area contributed by atoms with Crippen molar-refractivity contribution < 1.29 is 9.85 Å². The Morgan fingerprint density at radius 2 is 2.00 bits per heavy atom. The summed E-state index contributed by atoms with van der Waals surface area (Å²) in [5.41, 5.74) is 7.41. The third-order valence-electron chi connectivity index (χ3n) is 1.78. The molecule has 1 rings (SSSR count). The van der Waals surface area contributed by atoms with Gasteiger partial charge in [0, 0.05) is 16.5 Å². The fraction of sp³-hybridized carbons (Fsp3) is 0.143. The van der Waals surface area contributed by atoms with Gasteiger partial charge in [-0.15, -0.1) is 0 Å². The highest BCUT2D eigenvalue weighted by atomic mass is 16.6. The maximum Gasteiger partial charge on any atom is 0.279 e. The van der Waals surface area contributed by atoms with Gasteiger partial charge in [-0.3, -0.25) is 20.2 Å². The zero-order valence-corrected chi connectivity index (χ0v) is 7.81. The van der Waals surface area contributed by atoms with Gasteiger partial charge in [0.1, 0.15) is 0 Å². The summed E-state index contributed by atoms with van der Waals surface area (Å²) in [4.78, 5) is 22.0. The summed E-state index contributed by atoms with van der Waals surface area (Å²) in [6.45, 7) is -0.217. The Morgan fingerprint density at radius 1 is 1.31 bits per heavy atom. The summed E-state index contributed by atoms with van der Waals surface area (Å²) in [6, 6.07) is 3.16. The predicted molar refractivity (Wildman–Crippen MR) is 52.6 cm³/mol. The van der Waals surface area contributed by atoms with Crippen LogP contribution in [0.25, 0.3) is 10.4 Å². The molecule has 0 aromatic heterocycles. The second-order valence-corrected chi connectivity index (χ2v) is 2.72.